The van der Waals surface area contributed by atoms with Crippen molar-refractivity contribution in [3.05, 3.63) is 63.6 Å². The van der Waals surface area contributed by atoms with Gasteiger partial charge < -0.3 is 19.8 Å². The number of hydrogen-bond donors (Lipinski definition) is 2. The number of amides is 1. The van der Waals surface area contributed by atoms with E-state index in [4.69, 9.17) is 9.47 Å². The molecule has 7 heteroatoms. The fourth-order valence-corrected chi connectivity index (χ4v) is 1.97. The van der Waals surface area contributed by atoms with Gasteiger partial charge in [-0.1, -0.05) is 6.07 Å². The van der Waals surface area contributed by atoms with E-state index in [1.807, 2.05) is 0 Å². The lowest BCUT2D eigenvalue weighted by Crippen LogP contribution is -2.23. The molecule has 23 heavy (non-hydrogen) atoms. The summed E-state index contributed by atoms with van der Waals surface area (Å²) in [4.78, 5) is 37.1. The molecule has 120 valence electrons. The third-order valence-electron chi connectivity index (χ3n) is 3.17. The number of carbonyl (C=O) groups is 2. The smallest absolute Gasteiger partial charge is 0.341 e. The van der Waals surface area contributed by atoms with Crippen molar-refractivity contribution < 1.29 is 19.1 Å². The van der Waals surface area contributed by atoms with Crippen LogP contribution in [-0.2, 0) is 11.3 Å². The van der Waals surface area contributed by atoms with Crippen LogP contribution in [0.15, 0.2) is 41.3 Å². The lowest BCUT2D eigenvalue weighted by atomic mass is 10.1. The average molecular weight is 316 g/mol. The Hall–Kier alpha value is -3.09. The predicted molar refractivity (Wildman–Crippen MR) is 82.6 cm³/mol. The minimum absolute atomic E-state index is 0.214. The summed E-state index contributed by atoms with van der Waals surface area (Å²) >= 11 is 0. The van der Waals surface area contributed by atoms with Crippen LogP contribution in [0.1, 0.15) is 26.3 Å². The second-order valence-electron chi connectivity index (χ2n) is 4.65. The van der Waals surface area contributed by atoms with E-state index in [2.05, 4.69) is 10.3 Å². The standard InChI is InChI=1S/C16H16N2O5/c1-22-13-5-3-10(7-12(13)16(21)23-2)8-18-15(20)11-4-6-14(19)17-9-11/h3-7,9H,8H2,1-2H3,(H,17,19)(H,18,20). The van der Waals surface area contributed by atoms with Gasteiger partial charge in [0, 0.05) is 18.8 Å². The minimum atomic E-state index is -0.518. The molecule has 1 amide bonds. The maximum absolute atomic E-state index is 12.0. The lowest BCUT2D eigenvalue weighted by Gasteiger charge is -2.10. The van der Waals surface area contributed by atoms with E-state index in [1.165, 1.54) is 32.5 Å². The lowest BCUT2D eigenvalue weighted by molar-refractivity contribution is 0.0597. The number of aromatic nitrogens is 1. The first-order valence-corrected chi connectivity index (χ1v) is 6.77. The van der Waals surface area contributed by atoms with Crippen LogP contribution < -0.4 is 15.6 Å². The number of methoxy groups -OCH3 is 2. The first-order chi connectivity index (χ1) is 11.0. The van der Waals surface area contributed by atoms with Crippen molar-refractivity contribution in [3.63, 3.8) is 0 Å². The zero-order valence-corrected chi connectivity index (χ0v) is 12.7. The molecule has 0 aliphatic rings. The Morgan fingerprint density at radius 3 is 2.57 bits per heavy atom. The molecule has 2 N–H and O–H groups in total. The molecule has 0 radical (unpaired) electrons. The van der Waals surface area contributed by atoms with Gasteiger partial charge in [-0.3, -0.25) is 9.59 Å². The Morgan fingerprint density at radius 1 is 1.17 bits per heavy atom. The van der Waals surface area contributed by atoms with Gasteiger partial charge >= 0.3 is 5.97 Å². The number of benzene rings is 1. The molecule has 0 aliphatic heterocycles. The van der Waals surface area contributed by atoms with E-state index in [9.17, 15) is 14.4 Å². The normalized spacial score (nSPS) is 10.0. The molecule has 0 bridgehead atoms. The van der Waals surface area contributed by atoms with Gasteiger partial charge in [0.2, 0.25) is 5.56 Å². The van der Waals surface area contributed by atoms with E-state index >= 15 is 0 Å². The quantitative estimate of drug-likeness (QED) is 0.805. The average Bonchev–Trinajstić information content (AvgIpc) is 2.59. The molecule has 0 saturated carbocycles. The first kappa shape index (κ1) is 16.3. The SMILES string of the molecule is COC(=O)c1cc(CNC(=O)c2ccc(=O)[nH]c2)ccc1OC. The van der Waals surface area contributed by atoms with E-state index in [0.717, 1.165) is 0 Å². The summed E-state index contributed by atoms with van der Waals surface area (Å²) in [6.45, 7) is 0.214. The van der Waals surface area contributed by atoms with E-state index in [-0.39, 0.29) is 23.6 Å². The fraction of sp³-hybridized carbons (Fsp3) is 0.188. The van der Waals surface area contributed by atoms with Crippen LogP contribution in [0.3, 0.4) is 0 Å². The van der Waals surface area contributed by atoms with Gasteiger partial charge in [-0.2, -0.15) is 0 Å². The molecule has 2 rings (SSSR count). The number of hydrogen-bond acceptors (Lipinski definition) is 5. The van der Waals surface area contributed by atoms with Crippen molar-refractivity contribution in [2.75, 3.05) is 14.2 Å². The first-order valence-electron chi connectivity index (χ1n) is 6.77. The number of pyridine rings is 1. The third-order valence-corrected chi connectivity index (χ3v) is 3.17. The van der Waals surface area contributed by atoms with Crippen molar-refractivity contribution in [1.82, 2.24) is 10.3 Å². The number of rotatable bonds is 5. The topological polar surface area (TPSA) is 97.5 Å². The molecule has 0 fully saturated rings. The zero-order chi connectivity index (χ0) is 16.8. The Morgan fingerprint density at radius 2 is 1.96 bits per heavy atom. The monoisotopic (exact) mass is 316 g/mol. The highest BCUT2D eigenvalue weighted by Gasteiger charge is 2.14. The van der Waals surface area contributed by atoms with Crippen LogP contribution in [0.2, 0.25) is 0 Å². The number of carbonyl (C=O) groups excluding carboxylic acids is 2. The Kier molecular flexibility index (Phi) is 5.14. The summed E-state index contributed by atoms with van der Waals surface area (Å²) in [6.07, 6.45) is 1.34. The largest absolute Gasteiger partial charge is 0.496 e. The summed E-state index contributed by atoms with van der Waals surface area (Å²) < 4.78 is 9.81. The van der Waals surface area contributed by atoms with Gasteiger partial charge in [0.1, 0.15) is 11.3 Å². The molecular formula is C16H16N2O5. The second kappa shape index (κ2) is 7.26. The molecule has 0 spiro atoms. The Labute approximate surface area is 132 Å². The summed E-state index contributed by atoms with van der Waals surface area (Å²) in [5, 5.41) is 2.70. The van der Waals surface area contributed by atoms with E-state index < -0.39 is 5.97 Å². The van der Waals surface area contributed by atoms with E-state index in [1.54, 1.807) is 18.2 Å². The van der Waals surface area contributed by atoms with Gasteiger partial charge in [-0.15, -0.1) is 0 Å². The molecule has 7 nitrogen and oxygen atoms in total. The zero-order valence-electron chi connectivity index (χ0n) is 12.7. The number of H-pyrrole nitrogens is 1. The molecule has 1 aromatic carbocycles. The van der Waals surface area contributed by atoms with E-state index in [0.29, 0.717) is 16.9 Å². The van der Waals surface area contributed by atoms with Crippen LogP contribution in [0.4, 0.5) is 0 Å². The molecule has 0 aliphatic carbocycles. The van der Waals surface area contributed by atoms with Crippen molar-refractivity contribution in [2.45, 2.75) is 6.54 Å². The Balaban J connectivity index is 2.11. The van der Waals surface area contributed by atoms with Crippen LogP contribution in [-0.4, -0.2) is 31.1 Å². The molecule has 0 unspecified atom stereocenters. The number of esters is 1. The van der Waals surface area contributed by atoms with Gasteiger partial charge in [-0.05, 0) is 23.8 Å². The highest BCUT2D eigenvalue weighted by atomic mass is 16.5. The predicted octanol–water partition coefficient (Wildman–Crippen LogP) is 1.10. The summed E-state index contributed by atoms with van der Waals surface area (Å²) in [6, 6.07) is 7.67. The molecule has 0 saturated heterocycles. The fourth-order valence-electron chi connectivity index (χ4n) is 1.97. The van der Waals surface area contributed by atoms with Gasteiger partial charge in [0.15, 0.2) is 0 Å². The molecule has 1 aromatic heterocycles. The highest BCUT2D eigenvalue weighted by molar-refractivity contribution is 5.94. The summed E-state index contributed by atoms with van der Waals surface area (Å²) in [5.74, 6) is -0.458. The van der Waals surface area contributed by atoms with Crippen molar-refractivity contribution in [1.29, 1.82) is 0 Å². The van der Waals surface area contributed by atoms with Crippen LogP contribution in [0.25, 0.3) is 0 Å². The minimum Gasteiger partial charge on any atom is -0.496 e. The van der Waals surface area contributed by atoms with Crippen LogP contribution in [0, 0.1) is 0 Å². The second-order valence-corrected chi connectivity index (χ2v) is 4.65. The van der Waals surface area contributed by atoms with Crippen LogP contribution >= 0.6 is 0 Å². The Bertz CT molecular complexity index is 762. The summed E-state index contributed by atoms with van der Waals surface area (Å²) in [5.41, 5.74) is 1.06. The maximum atomic E-state index is 12.0. The molecule has 0 atom stereocenters. The molecule has 1 heterocycles. The van der Waals surface area contributed by atoms with Gasteiger partial charge in [-0.25, -0.2) is 4.79 Å². The summed E-state index contributed by atoms with van der Waals surface area (Å²) in [7, 11) is 2.74. The number of ether oxygens (including phenoxy) is 2. The number of aromatic amines is 1. The van der Waals surface area contributed by atoms with Crippen molar-refractivity contribution >= 4 is 11.9 Å². The maximum Gasteiger partial charge on any atom is 0.341 e. The highest BCUT2D eigenvalue weighted by Crippen LogP contribution is 2.20. The van der Waals surface area contributed by atoms with Gasteiger partial charge in [0.25, 0.3) is 5.91 Å². The molecule has 2 aromatic rings. The van der Waals surface area contributed by atoms with Crippen LogP contribution in [0.5, 0.6) is 5.75 Å². The molecular weight excluding hydrogens is 300 g/mol. The van der Waals surface area contributed by atoms with Crippen molar-refractivity contribution in [2.24, 2.45) is 0 Å². The van der Waals surface area contributed by atoms with Gasteiger partial charge in [0.05, 0.1) is 19.8 Å². The third kappa shape index (κ3) is 3.97. The van der Waals surface area contributed by atoms with Crippen molar-refractivity contribution in [3.8, 4) is 5.75 Å². The number of nitrogens with one attached hydrogen (secondary N) is 2.